The van der Waals surface area contributed by atoms with Crippen LogP contribution in [0.5, 0.6) is 0 Å². The lowest BCUT2D eigenvalue weighted by Gasteiger charge is -2.41. The van der Waals surface area contributed by atoms with Gasteiger partial charge in [0.1, 0.15) is 23.5 Å². The first-order chi connectivity index (χ1) is 11.5. The smallest absolute Gasteiger partial charge is 0.338 e. The van der Waals surface area contributed by atoms with Crippen molar-refractivity contribution in [2.24, 2.45) is 0 Å². The molecule has 1 saturated heterocycles. The quantitative estimate of drug-likeness (QED) is 0.387. The number of ether oxygens (including phenoxy) is 3. The fraction of sp³-hybridized carbons (Fsp3) is 0.467. The van der Waals surface area contributed by atoms with E-state index >= 15 is 0 Å². The van der Waals surface area contributed by atoms with Gasteiger partial charge in [-0.25, -0.2) is 4.79 Å². The Labute approximate surface area is 148 Å². The van der Waals surface area contributed by atoms with Crippen molar-refractivity contribution < 1.29 is 34.0 Å². The zero-order chi connectivity index (χ0) is 17.7. The molecule has 1 fully saturated rings. The molecule has 24 heavy (non-hydrogen) atoms. The van der Waals surface area contributed by atoms with E-state index in [2.05, 4.69) is 12.6 Å². The number of aliphatic hydroxyl groups is 2. The van der Waals surface area contributed by atoms with Crippen LogP contribution in [0.2, 0.25) is 0 Å². The maximum Gasteiger partial charge on any atom is 0.338 e. The molecule has 2 rings (SSSR count). The summed E-state index contributed by atoms with van der Waals surface area (Å²) in [4.78, 5) is 23.7. The topological polar surface area (TPSA) is 102 Å². The van der Waals surface area contributed by atoms with Gasteiger partial charge in [0.25, 0.3) is 0 Å². The van der Waals surface area contributed by atoms with Gasteiger partial charge in [0, 0.05) is 0 Å². The lowest BCUT2D eigenvalue weighted by molar-refractivity contribution is -0.219. The fourth-order valence-electron chi connectivity index (χ4n) is 2.27. The van der Waals surface area contributed by atoms with Crippen LogP contribution in [-0.4, -0.2) is 64.5 Å². The standard InChI is InChI=1S/C15H17ClO7S/c16-6-10(18)22-12-11(19)9(7-17)21-15(24)13(12)23-14(20)8-4-2-1-3-5-8/h1-5,9,11-13,15,17,19,24H,6-7H2/t9-,11+,12+,13-,15+/m1/s1. The summed E-state index contributed by atoms with van der Waals surface area (Å²) in [6.07, 6.45) is -4.88. The van der Waals surface area contributed by atoms with Gasteiger partial charge in [-0.05, 0) is 12.1 Å². The molecule has 1 aromatic rings. The van der Waals surface area contributed by atoms with Gasteiger partial charge in [-0.15, -0.1) is 24.2 Å². The van der Waals surface area contributed by atoms with Gasteiger partial charge >= 0.3 is 11.9 Å². The molecule has 0 radical (unpaired) electrons. The van der Waals surface area contributed by atoms with E-state index in [1.807, 2.05) is 0 Å². The number of alkyl halides is 1. The second kappa shape index (κ2) is 8.68. The number of esters is 2. The van der Waals surface area contributed by atoms with E-state index in [1.165, 1.54) is 0 Å². The minimum Gasteiger partial charge on any atom is -0.454 e. The zero-order valence-electron chi connectivity index (χ0n) is 12.4. The van der Waals surface area contributed by atoms with Gasteiger partial charge in [0.05, 0.1) is 12.2 Å². The number of aliphatic hydroxyl groups excluding tert-OH is 2. The van der Waals surface area contributed by atoms with Gasteiger partial charge < -0.3 is 24.4 Å². The molecule has 0 unspecified atom stereocenters. The molecular weight excluding hydrogens is 360 g/mol. The summed E-state index contributed by atoms with van der Waals surface area (Å²) in [5, 5.41) is 19.5. The van der Waals surface area contributed by atoms with E-state index < -0.39 is 54.3 Å². The van der Waals surface area contributed by atoms with Crippen molar-refractivity contribution in [2.45, 2.75) is 29.9 Å². The molecule has 0 saturated carbocycles. The molecule has 0 spiro atoms. The van der Waals surface area contributed by atoms with Crippen LogP contribution < -0.4 is 0 Å². The van der Waals surface area contributed by atoms with Crippen LogP contribution in [0, 0.1) is 0 Å². The monoisotopic (exact) mass is 376 g/mol. The molecule has 1 heterocycles. The van der Waals surface area contributed by atoms with Crippen molar-refractivity contribution in [1.29, 1.82) is 0 Å². The van der Waals surface area contributed by atoms with Crippen molar-refractivity contribution in [1.82, 2.24) is 0 Å². The van der Waals surface area contributed by atoms with Crippen LogP contribution in [0.4, 0.5) is 0 Å². The predicted octanol–water partition coefficient (Wildman–Crippen LogP) is 0.370. The van der Waals surface area contributed by atoms with Gasteiger partial charge in [-0.1, -0.05) is 18.2 Å². The van der Waals surface area contributed by atoms with Gasteiger partial charge in [0.15, 0.2) is 12.2 Å². The van der Waals surface area contributed by atoms with Crippen molar-refractivity contribution in [3.05, 3.63) is 35.9 Å². The number of benzene rings is 1. The van der Waals surface area contributed by atoms with Gasteiger partial charge in [0.2, 0.25) is 0 Å². The van der Waals surface area contributed by atoms with E-state index in [1.54, 1.807) is 30.3 Å². The van der Waals surface area contributed by atoms with Crippen LogP contribution in [0.1, 0.15) is 10.4 Å². The molecule has 0 amide bonds. The van der Waals surface area contributed by atoms with E-state index in [0.717, 1.165) is 0 Å². The first-order valence-corrected chi connectivity index (χ1v) is 8.17. The van der Waals surface area contributed by atoms with E-state index in [4.69, 9.17) is 25.8 Å². The first kappa shape index (κ1) is 19.0. The molecule has 132 valence electrons. The summed E-state index contributed by atoms with van der Waals surface area (Å²) in [5.74, 6) is -1.94. The number of rotatable bonds is 5. The Bertz CT molecular complexity index is 570. The number of halogens is 1. The van der Waals surface area contributed by atoms with Crippen LogP contribution in [-0.2, 0) is 19.0 Å². The highest BCUT2D eigenvalue weighted by Gasteiger charge is 2.48. The maximum absolute atomic E-state index is 12.2. The summed E-state index contributed by atoms with van der Waals surface area (Å²) in [6.45, 7) is -0.521. The summed E-state index contributed by atoms with van der Waals surface area (Å²) < 4.78 is 15.7. The molecule has 9 heteroatoms. The highest BCUT2D eigenvalue weighted by molar-refractivity contribution is 7.80. The molecule has 7 nitrogen and oxygen atoms in total. The summed E-state index contributed by atoms with van der Waals surface area (Å²) in [7, 11) is 0. The van der Waals surface area contributed by atoms with Crippen molar-refractivity contribution in [3.63, 3.8) is 0 Å². The Hall–Kier alpha value is -1.32. The molecule has 5 atom stereocenters. The van der Waals surface area contributed by atoms with Crippen LogP contribution in [0.25, 0.3) is 0 Å². The van der Waals surface area contributed by atoms with Crippen molar-refractivity contribution >= 4 is 36.2 Å². The Balaban J connectivity index is 2.19. The Morgan fingerprint density at radius 3 is 2.46 bits per heavy atom. The average molecular weight is 377 g/mol. The van der Waals surface area contributed by atoms with Crippen molar-refractivity contribution in [3.8, 4) is 0 Å². The molecule has 0 aliphatic carbocycles. The minimum absolute atomic E-state index is 0.277. The number of hydrogen-bond donors (Lipinski definition) is 3. The van der Waals surface area contributed by atoms with E-state index in [9.17, 15) is 19.8 Å². The largest absolute Gasteiger partial charge is 0.454 e. The van der Waals surface area contributed by atoms with Gasteiger partial charge in [-0.2, -0.15) is 0 Å². The second-order valence-electron chi connectivity index (χ2n) is 5.06. The highest BCUT2D eigenvalue weighted by Crippen LogP contribution is 2.28. The third-order valence-electron chi connectivity index (χ3n) is 3.45. The zero-order valence-corrected chi connectivity index (χ0v) is 14.1. The number of thiol groups is 1. The fourth-order valence-corrected chi connectivity index (χ4v) is 2.72. The Morgan fingerprint density at radius 1 is 1.21 bits per heavy atom. The Kier molecular flexibility index (Phi) is 6.88. The summed E-state index contributed by atoms with van der Waals surface area (Å²) in [5.41, 5.74) is -0.731. The summed E-state index contributed by atoms with van der Waals surface area (Å²) in [6, 6.07) is 8.16. The third kappa shape index (κ3) is 4.40. The lowest BCUT2D eigenvalue weighted by atomic mass is 9.99. The van der Waals surface area contributed by atoms with Crippen LogP contribution in [0.3, 0.4) is 0 Å². The predicted molar refractivity (Wildman–Crippen MR) is 87.0 cm³/mol. The number of carbonyl (C=O) groups excluding carboxylic acids is 2. The van der Waals surface area contributed by atoms with Crippen molar-refractivity contribution in [2.75, 3.05) is 12.5 Å². The molecule has 1 aromatic carbocycles. The molecule has 1 aliphatic rings. The third-order valence-corrected chi connectivity index (χ3v) is 4.08. The van der Waals surface area contributed by atoms with Crippen LogP contribution in [0.15, 0.2) is 30.3 Å². The molecule has 2 N–H and O–H groups in total. The second-order valence-corrected chi connectivity index (χ2v) is 5.84. The van der Waals surface area contributed by atoms with Crippen LogP contribution >= 0.6 is 24.2 Å². The molecule has 0 bridgehead atoms. The average Bonchev–Trinajstić information content (AvgIpc) is 2.61. The van der Waals surface area contributed by atoms with E-state index in [0.29, 0.717) is 0 Å². The number of carbonyl (C=O) groups is 2. The normalized spacial score (nSPS) is 29.8. The Morgan fingerprint density at radius 2 is 1.88 bits per heavy atom. The minimum atomic E-state index is -1.40. The molecule has 1 aliphatic heterocycles. The first-order valence-electron chi connectivity index (χ1n) is 7.12. The molecule has 0 aromatic heterocycles. The number of hydrogen-bond acceptors (Lipinski definition) is 8. The lowest BCUT2D eigenvalue weighted by Crippen LogP contribution is -2.59. The molecular formula is C15H17ClO7S. The SMILES string of the molecule is O=C(CCl)O[C@H]1[C@@H](O)[C@@H](CO)O[C@@H](S)[C@@H]1OC(=O)c1ccccc1. The maximum atomic E-state index is 12.2. The highest BCUT2D eigenvalue weighted by atomic mass is 35.5. The van der Waals surface area contributed by atoms with Gasteiger partial charge in [-0.3, -0.25) is 4.79 Å². The summed E-state index contributed by atoms with van der Waals surface area (Å²) >= 11 is 9.57. The van der Waals surface area contributed by atoms with E-state index in [-0.39, 0.29) is 5.56 Å².